The first-order valence-corrected chi connectivity index (χ1v) is 8.63. The van der Waals surface area contributed by atoms with Crippen molar-refractivity contribution in [3.8, 4) is 0 Å². The number of amides is 1. The molecule has 0 radical (unpaired) electrons. The summed E-state index contributed by atoms with van der Waals surface area (Å²) in [5.41, 5.74) is 1.99. The van der Waals surface area contributed by atoms with Gasteiger partial charge in [0, 0.05) is 36.4 Å². The summed E-state index contributed by atoms with van der Waals surface area (Å²) in [5, 5.41) is 3.11. The molecule has 1 N–H and O–H groups in total. The quantitative estimate of drug-likeness (QED) is 0.880. The molecule has 1 heterocycles. The van der Waals surface area contributed by atoms with E-state index in [2.05, 4.69) is 12.2 Å². The molecule has 1 amide bonds. The van der Waals surface area contributed by atoms with Gasteiger partial charge >= 0.3 is 0 Å². The zero-order chi connectivity index (χ0) is 17.8. The van der Waals surface area contributed by atoms with Crippen molar-refractivity contribution >= 4 is 11.6 Å². The summed E-state index contributed by atoms with van der Waals surface area (Å²) in [6.45, 7) is 3.21. The molecule has 1 atom stereocenters. The van der Waals surface area contributed by atoms with Crippen molar-refractivity contribution in [2.24, 2.45) is 0 Å². The number of nitrogens with zero attached hydrogens (tertiary/aromatic N) is 1. The maximum atomic E-state index is 13.2. The van der Waals surface area contributed by atoms with Gasteiger partial charge < -0.3 is 10.2 Å². The first kappa shape index (κ1) is 17.4. The minimum Gasteiger partial charge on any atom is -0.381 e. The van der Waals surface area contributed by atoms with E-state index in [0.717, 1.165) is 31.1 Å². The highest BCUT2D eigenvalue weighted by molar-refractivity contribution is 5.94. The summed E-state index contributed by atoms with van der Waals surface area (Å²) in [6.07, 6.45) is 3.28. The molecule has 5 heteroatoms. The predicted molar refractivity (Wildman–Crippen MR) is 94.5 cm³/mol. The van der Waals surface area contributed by atoms with Gasteiger partial charge in [-0.25, -0.2) is 8.78 Å². The first-order valence-electron chi connectivity index (χ1n) is 8.63. The van der Waals surface area contributed by atoms with Gasteiger partial charge in [-0.05, 0) is 68.1 Å². The van der Waals surface area contributed by atoms with Crippen LogP contribution in [0.1, 0.15) is 42.1 Å². The molecule has 1 unspecified atom stereocenters. The van der Waals surface area contributed by atoms with E-state index in [1.165, 1.54) is 18.6 Å². The number of benzene rings is 2. The molecule has 0 spiro atoms. The molecule has 1 saturated heterocycles. The minimum atomic E-state index is -0.589. The number of carbonyl (C=O) groups excluding carboxylic acids is 1. The standard InChI is InChI=1S/C20H22F2N2O/c1-14-4-2-3-9-24(14)20(25)16-5-7-19(8-6-16)23-13-15-10-17(21)12-18(22)11-15/h5-8,10-12,14,23H,2-4,9,13H2,1H3. The Hall–Kier alpha value is -2.43. The molecule has 1 fully saturated rings. The van der Waals surface area contributed by atoms with Gasteiger partial charge in [0.2, 0.25) is 0 Å². The van der Waals surface area contributed by atoms with Crippen LogP contribution >= 0.6 is 0 Å². The summed E-state index contributed by atoms with van der Waals surface area (Å²) in [7, 11) is 0. The minimum absolute atomic E-state index is 0.0611. The van der Waals surface area contributed by atoms with Crippen LogP contribution in [0.3, 0.4) is 0 Å². The van der Waals surface area contributed by atoms with Crippen molar-refractivity contribution in [2.75, 3.05) is 11.9 Å². The van der Waals surface area contributed by atoms with Crippen molar-refractivity contribution in [2.45, 2.75) is 38.8 Å². The van der Waals surface area contributed by atoms with Crippen molar-refractivity contribution in [3.63, 3.8) is 0 Å². The summed E-state index contributed by atoms with van der Waals surface area (Å²) in [4.78, 5) is 14.5. The molecule has 3 rings (SSSR count). The maximum absolute atomic E-state index is 13.2. The molecule has 132 valence electrons. The van der Waals surface area contributed by atoms with Gasteiger partial charge in [-0.15, -0.1) is 0 Å². The zero-order valence-corrected chi connectivity index (χ0v) is 14.3. The maximum Gasteiger partial charge on any atom is 0.254 e. The highest BCUT2D eigenvalue weighted by Gasteiger charge is 2.23. The third-order valence-corrected chi connectivity index (χ3v) is 4.61. The van der Waals surface area contributed by atoms with Gasteiger partial charge in [-0.1, -0.05) is 0 Å². The van der Waals surface area contributed by atoms with E-state index >= 15 is 0 Å². The molecule has 1 aliphatic rings. The lowest BCUT2D eigenvalue weighted by atomic mass is 10.0. The van der Waals surface area contributed by atoms with Crippen LogP contribution in [0.2, 0.25) is 0 Å². The number of rotatable bonds is 4. The number of nitrogens with one attached hydrogen (secondary N) is 1. The van der Waals surface area contributed by atoms with Crippen LogP contribution in [-0.2, 0) is 6.54 Å². The average Bonchev–Trinajstić information content (AvgIpc) is 2.59. The van der Waals surface area contributed by atoms with E-state index in [4.69, 9.17) is 0 Å². The van der Waals surface area contributed by atoms with Crippen molar-refractivity contribution in [3.05, 3.63) is 65.2 Å². The van der Waals surface area contributed by atoms with Crippen molar-refractivity contribution < 1.29 is 13.6 Å². The summed E-state index contributed by atoms with van der Waals surface area (Å²) in [6, 6.07) is 10.9. The summed E-state index contributed by atoms with van der Waals surface area (Å²) < 4.78 is 26.4. The molecule has 3 nitrogen and oxygen atoms in total. The van der Waals surface area contributed by atoms with E-state index in [9.17, 15) is 13.6 Å². The van der Waals surface area contributed by atoms with Gasteiger partial charge in [-0.3, -0.25) is 4.79 Å². The molecule has 2 aromatic carbocycles. The Morgan fingerprint density at radius 2 is 1.80 bits per heavy atom. The Morgan fingerprint density at radius 1 is 1.12 bits per heavy atom. The Balaban J connectivity index is 1.62. The molecule has 25 heavy (non-hydrogen) atoms. The van der Waals surface area contributed by atoms with E-state index in [1.807, 2.05) is 17.0 Å². The van der Waals surface area contributed by atoms with E-state index in [-0.39, 0.29) is 11.9 Å². The number of likely N-dealkylation sites (tertiary alicyclic amines) is 1. The fourth-order valence-electron chi connectivity index (χ4n) is 3.21. The molecule has 0 aromatic heterocycles. The van der Waals surface area contributed by atoms with E-state index in [0.29, 0.717) is 17.7 Å². The van der Waals surface area contributed by atoms with Crippen LogP contribution in [0, 0.1) is 11.6 Å². The van der Waals surface area contributed by atoms with Gasteiger partial charge in [0.25, 0.3) is 5.91 Å². The Bertz CT molecular complexity index is 726. The SMILES string of the molecule is CC1CCCCN1C(=O)c1ccc(NCc2cc(F)cc(F)c2)cc1. The van der Waals surface area contributed by atoms with Gasteiger partial charge in [0.1, 0.15) is 11.6 Å². The predicted octanol–water partition coefficient (Wildman–Crippen LogP) is 4.59. The smallest absolute Gasteiger partial charge is 0.254 e. The van der Waals surface area contributed by atoms with Crippen LogP contribution in [-0.4, -0.2) is 23.4 Å². The van der Waals surface area contributed by atoms with Gasteiger partial charge in [0.05, 0.1) is 0 Å². The monoisotopic (exact) mass is 344 g/mol. The van der Waals surface area contributed by atoms with Crippen LogP contribution in [0.5, 0.6) is 0 Å². The highest BCUT2D eigenvalue weighted by atomic mass is 19.1. The van der Waals surface area contributed by atoms with Crippen molar-refractivity contribution in [1.82, 2.24) is 4.90 Å². The largest absolute Gasteiger partial charge is 0.381 e. The normalized spacial score (nSPS) is 17.4. The lowest BCUT2D eigenvalue weighted by Crippen LogP contribution is -2.41. The van der Waals surface area contributed by atoms with Crippen LogP contribution in [0.25, 0.3) is 0 Å². The molecule has 0 saturated carbocycles. The van der Waals surface area contributed by atoms with Crippen LogP contribution < -0.4 is 5.32 Å². The number of carbonyl (C=O) groups is 1. The van der Waals surface area contributed by atoms with Gasteiger partial charge in [0.15, 0.2) is 0 Å². The Labute approximate surface area is 146 Å². The number of piperidine rings is 1. The molecular weight excluding hydrogens is 322 g/mol. The third-order valence-electron chi connectivity index (χ3n) is 4.61. The van der Waals surface area contributed by atoms with Crippen molar-refractivity contribution in [1.29, 1.82) is 0 Å². The zero-order valence-electron chi connectivity index (χ0n) is 14.3. The Kier molecular flexibility index (Phi) is 5.31. The molecular formula is C20H22F2N2O. The number of hydrogen-bond donors (Lipinski definition) is 1. The second kappa shape index (κ2) is 7.64. The number of hydrogen-bond acceptors (Lipinski definition) is 2. The highest BCUT2D eigenvalue weighted by Crippen LogP contribution is 2.20. The fourth-order valence-corrected chi connectivity index (χ4v) is 3.21. The summed E-state index contributed by atoms with van der Waals surface area (Å²) >= 11 is 0. The van der Waals surface area contributed by atoms with Crippen LogP contribution in [0.15, 0.2) is 42.5 Å². The molecule has 2 aromatic rings. The Morgan fingerprint density at radius 3 is 2.44 bits per heavy atom. The summed E-state index contributed by atoms with van der Waals surface area (Å²) in [5.74, 6) is -1.12. The lowest BCUT2D eigenvalue weighted by Gasteiger charge is -2.33. The fraction of sp³-hybridized carbons (Fsp3) is 0.350. The topological polar surface area (TPSA) is 32.3 Å². The molecule has 0 bridgehead atoms. The van der Waals surface area contributed by atoms with Gasteiger partial charge in [-0.2, -0.15) is 0 Å². The second-order valence-corrected chi connectivity index (χ2v) is 6.55. The molecule has 0 aliphatic carbocycles. The lowest BCUT2D eigenvalue weighted by molar-refractivity contribution is 0.0635. The van der Waals surface area contributed by atoms with E-state index in [1.54, 1.807) is 12.1 Å². The number of anilines is 1. The number of halogens is 2. The average molecular weight is 344 g/mol. The second-order valence-electron chi connectivity index (χ2n) is 6.55. The first-order chi connectivity index (χ1) is 12.0. The van der Waals surface area contributed by atoms with E-state index < -0.39 is 11.6 Å². The van der Waals surface area contributed by atoms with Crippen LogP contribution in [0.4, 0.5) is 14.5 Å². The molecule has 1 aliphatic heterocycles. The third kappa shape index (κ3) is 4.35.